The first-order chi connectivity index (χ1) is 14.5. The SMILES string of the molecule is Cc1ccc(NC(=O)c2ccc(S(=O)(=O)Nc3cccc(C(F)(F)F)c3)cc2)c(C)c1. The normalized spacial score (nSPS) is 11.8. The minimum absolute atomic E-state index is 0.187. The number of hydrogen-bond donors (Lipinski definition) is 2. The first-order valence-electron chi connectivity index (χ1n) is 9.14. The van der Waals surface area contributed by atoms with Gasteiger partial charge in [-0.25, -0.2) is 8.42 Å². The fraction of sp³-hybridized carbons (Fsp3) is 0.136. The van der Waals surface area contributed by atoms with Crippen molar-refractivity contribution in [2.45, 2.75) is 24.9 Å². The summed E-state index contributed by atoms with van der Waals surface area (Å²) in [5.74, 6) is -0.415. The molecule has 1 amide bonds. The second-order valence-electron chi connectivity index (χ2n) is 6.98. The van der Waals surface area contributed by atoms with E-state index in [1.807, 2.05) is 26.0 Å². The number of halogens is 3. The van der Waals surface area contributed by atoms with Crippen molar-refractivity contribution in [1.29, 1.82) is 0 Å². The predicted molar refractivity (Wildman–Crippen MR) is 113 cm³/mol. The van der Waals surface area contributed by atoms with Crippen LogP contribution >= 0.6 is 0 Å². The lowest BCUT2D eigenvalue weighted by Crippen LogP contribution is -2.15. The molecule has 0 unspecified atom stereocenters. The van der Waals surface area contributed by atoms with Gasteiger partial charge in [-0.2, -0.15) is 13.2 Å². The largest absolute Gasteiger partial charge is 0.416 e. The Labute approximate surface area is 178 Å². The van der Waals surface area contributed by atoms with Gasteiger partial charge in [0.25, 0.3) is 15.9 Å². The molecule has 9 heteroatoms. The van der Waals surface area contributed by atoms with Gasteiger partial charge in [0.1, 0.15) is 0 Å². The van der Waals surface area contributed by atoms with Crippen LogP contribution in [0.15, 0.2) is 71.6 Å². The van der Waals surface area contributed by atoms with Crippen LogP contribution in [-0.4, -0.2) is 14.3 Å². The standard InChI is InChI=1S/C22H19F3N2O3S/c1-14-6-11-20(15(2)12-14)26-21(28)16-7-9-19(10-8-16)31(29,30)27-18-5-3-4-17(13-18)22(23,24)25/h3-13,27H,1-2H3,(H,26,28). The number of aryl methyl sites for hydroxylation is 2. The van der Waals surface area contributed by atoms with Crippen LogP contribution in [-0.2, 0) is 16.2 Å². The molecule has 0 aliphatic heterocycles. The quantitative estimate of drug-likeness (QED) is 0.551. The zero-order valence-corrected chi connectivity index (χ0v) is 17.4. The van der Waals surface area contributed by atoms with Crippen LogP contribution in [0, 0.1) is 13.8 Å². The zero-order chi connectivity index (χ0) is 22.8. The molecule has 3 rings (SSSR count). The Kier molecular flexibility index (Phi) is 6.08. The highest BCUT2D eigenvalue weighted by Gasteiger charge is 2.30. The maximum atomic E-state index is 12.8. The van der Waals surface area contributed by atoms with E-state index in [0.717, 1.165) is 23.3 Å². The van der Waals surface area contributed by atoms with E-state index in [1.54, 1.807) is 6.07 Å². The summed E-state index contributed by atoms with van der Waals surface area (Å²) in [4.78, 5) is 12.3. The van der Waals surface area contributed by atoms with Gasteiger partial charge in [-0.1, -0.05) is 23.8 Å². The summed E-state index contributed by atoms with van der Waals surface area (Å²) in [5, 5.41) is 2.76. The summed E-state index contributed by atoms with van der Waals surface area (Å²) >= 11 is 0. The summed E-state index contributed by atoms with van der Waals surface area (Å²) < 4.78 is 65.6. The number of amides is 1. The second-order valence-corrected chi connectivity index (χ2v) is 8.66. The van der Waals surface area contributed by atoms with E-state index in [1.165, 1.54) is 30.3 Å². The number of alkyl halides is 3. The molecule has 0 atom stereocenters. The number of nitrogens with one attached hydrogen (secondary N) is 2. The fourth-order valence-electron chi connectivity index (χ4n) is 2.91. The van der Waals surface area contributed by atoms with Gasteiger partial charge in [0, 0.05) is 16.9 Å². The molecule has 0 saturated carbocycles. The smallest absolute Gasteiger partial charge is 0.322 e. The van der Waals surface area contributed by atoms with E-state index < -0.39 is 27.7 Å². The van der Waals surface area contributed by atoms with Gasteiger partial charge in [-0.3, -0.25) is 9.52 Å². The van der Waals surface area contributed by atoms with Gasteiger partial charge in [-0.05, 0) is 67.9 Å². The topological polar surface area (TPSA) is 75.3 Å². The number of anilines is 2. The van der Waals surface area contributed by atoms with Crippen molar-refractivity contribution in [3.05, 3.63) is 89.0 Å². The summed E-state index contributed by atoms with van der Waals surface area (Å²) in [6, 6.07) is 14.5. The van der Waals surface area contributed by atoms with E-state index in [4.69, 9.17) is 0 Å². The highest BCUT2D eigenvalue weighted by molar-refractivity contribution is 7.92. The molecular weight excluding hydrogens is 429 g/mol. The molecule has 0 aliphatic rings. The van der Waals surface area contributed by atoms with Crippen molar-refractivity contribution >= 4 is 27.3 Å². The van der Waals surface area contributed by atoms with Crippen molar-refractivity contribution in [2.24, 2.45) is 0 Å². The van der Waals surface area contributed by atoms with Crippen molar-refractivity contribution < 1.29 is 26.4 Å². The Bertz CT molecular complexity index is 1220. The van der Waals surface area contributed by atoms with Crippen LogP contribution in [0.1, 0.15) is 27.0 Å². The van der Waals surface area contributed by atoms with Crippen molar-refractivity contribution in [3.63, 3.8) is 0 Å². The number of sulfonamides is 1. The minimum Gasteiger partial charge on any atom is -0.322 e. The van der Waals surface area contributed by atoms with Gasteiger partial charge in [0.15, 0.2) is 0 Å². The molecule has 0 aliphatic carbocycles. The fourth-order valence-corrected chi connectivity index (χ4v) is 3.96. The Hall–Kier alpha value is -3.33. The van der Waals surface area contributed by atoms with Gasteiger partial charge in [0.2, 0.25) is 0 Å². The van der Waals surface area contributed by atoms with Crippen molar-refractivity contribution in [1.82, 2.24) is 0 Å². The zero-order valence-electron chi connectivity index (χ0n) is 16.6. The van der Waals surface area contributed by atoms with Gasteiger partial charge < -0.3 is 5.32 Å². The predicted octanol–water partition coefficient (Wildman–Crippen LogP) is 5.38. The number of hydrogen-bond acceptors (Lipinski definition) is 3. The van der Waals surface area contributed by atoms with Crippen LogP contribution in [0.4, 0.5) is 24.5 Å². The molecule has 162 valence electrons. The van der Waals surface area contributed by atoms with E-state index in [-0.39, 0.29) is 16.1 Å². The molecule has 31 heavy (non-hydrogen) atoms. The molecule has 0 heterocycles. The lowest BCUT2D eigenvalue weighted by molar-refractivity contribution is -0.137. The Morgan fingerprint density at radius 1 is 0.903 bits per heavy atom. The molecule has 0 saturated heterocycles. The van der Waals surface area contributed by atoms with E-state index in [0.29, 0.717) is 11.8 Å². The maximum absolute atomic E-state index is 12.8. The molecule has 0 aromatic heterocycles. The highest BCUT2D eigenvalue weighted by atomic mass is 32.2. The molecule has 0 radical (unpaired) electrons. The number of rotatable bonds is 5. The monoisotopic (exact) mass is 448 g/mol. The second kappa shape index (κ2) is 8.43. The van der Waals surface area contributed by atoms with Gasteiger partial charge in [0.05, 0.1) is 10.5 Å². The summed E-state index contributed by atoms with van der Waals surface area (Å²) in [6.45, 7) is 3.79. The summed E-state index contributed by atoms with van der Waals surface area (Å²) in [7, 11) is -4.14. The third kappa shape index (κ3) is 5.43. The first-order valence-corrected chi connectivity index (χ1v) is 10.6. The molecule has 5 nitrogen and oxygen atoms in total. The number of carbonyl (C=O) groups excluding carboxylic acids is 1. The van der Waals surface area contributed by atoms with Crippen LogP contribution in [0.5, 0.6) is 0 Å². The minimum atomic E-state index is -4.59. The lowest BCUT2D eigenvalue weighted by atomic mass is 10.1. The third-order valence-corrected chi connectivity index (χ3v) is 5.90. The van der Waals surface area contributed by atoms with Gasteiger partial charge >= 0.3 is 6.18 Å². The third-order valence-electron chi connectivity index (χ3n) is 4.50. The first kappa shape index (κ1) is 22.4. The Balaban J connectivity index is 1.76. The molecule has 3 aromatic carbocycles. The Morgan fingerprint density at radius 3 is 2.19 bits per heavy atom. The molecular formula is C22H19F3N2O3S. The van der Waals surface area contributed by atoms with Crippen LogP contribution in [0.25, 0.3) is 0 Å². The van der Waals surface area contributed by atoms with E-state index >= 15 is 0 Å². The number of benzene rings is 3. The maximum Gasteiger partial charge on any atom is 0.416 e. The van der Waals surface area contributed by atoms with E-state index in [2.05, 4.69) is 10.0 Å². The highest BCUT2D eigenvalue weighted by Crippen LogP contribution is 2.31. The van der Waals surface area contributed by atoms with Crippen molar-refractivity contribution in [3.8, 4) is 0 Å². The summed E-state index contributed by atoms with van der Waals surface area (Å²) in [6.07, 6.45) is -4.59. The molecule has 2 N–H and O–H groups in total. The lowest BCUT2D eigenvalue weighted by Gasteiger charge is -2.12. The molecule has 0 spiro atoms. The van der Waals surface area contributed by atoms with Crippen molar-refractivity contribution in [2.75, 3.05) is 10.0 Å². The van der Waals surface area contributed by atoms with E-state index in [9.17, 15) is 26.4 Å². The van der Waals surface area contributed by atoms with Crippen LogP contribution in [0.3, 0.4) is 0 Å². The summed E-state index contributed by atoms with van der Waals surface area (Å²) in [5.41, 5.74) is 1.63. The average Bonchev–Trinajstić information content (AvgIpc) is 2.69. The molecule has 0 bridgehead atoms. The number of carbonyl (C=O) groups is 1. The Morgan fingerprint density at radius 2 is 1.58 bits per heavy atom. The van der Waals surface area contributed by atoms with Crippen LogP contribution in [0.2, 0.25) is 0 Å². The average molecular weight is 448 g/mol. The molecule has 0 fully saturated rings. The van der Waals surface area contributed by atoms with Gasteiger partial charge in [-0.15, -0.1) is 0 Å². The molecule has 3 aromatic rings. The van der Waals surface area contributed by atoms with Crippen LogP contribution < -0.4 is 10.0 Å².